The van der Waals surface area contributed by atoms with E-state index >= 15 is 0 Å². The molecule has 2 aliphatic rings. The first-order chi connectivity index (χ1) is 25.8. The third kappa shape index (κ3) is 4.06. The number of hydrogen-bond donors (Lipinski definition) is 0. The Morgan fingerprint density at radius 1 is 0.385 bits per heavy atom. The number of fused-ring (bicyclic) bond motifs is 12. The lowest BCUT2D eigenvalue weighted by atomic mass is 9.73. The summed E-state index contributed by atoms with van der Waals surface area (Å²) in [4.78, 5) is 15.7. The molecule has 0 bridgehead atoms. The zero-order valence-corrected chi connectivity index (χ0v) is 28.1. The van der Waals surface area contributed by atoms with Crippen molar-refractivity contribution in [2.24, 2.45) is 0 Å². The molecule has 0 radical (unpaired) electrons. The molecule has 0 N–H and O–H groups in total. The summed E-state index contributed by atoms with van der Waals surface area (Å²) in [6.45, 7) is 0. The van der Waals surface area contributed by atoms with Crippen LogP contribution < -0.4 is 0 Å². The number of aromatic nitrogens is 4. The number of hydrogen-bond acceptors (Lipinski definition) is 3. The quantitative estimate of drug-likeness (QED) is 0.188. The largest absolute Gasteiger partial charge is 0.295 e. The molecule has 0 unspecified atom stereocenters. The molecule has 1 spiro atoms. The SMILES string of the molecule is c1ccc(-c2cc(-c3ccccc3)nc(-c3cccc(-c4ccc5c(c4)nc4n5-c5ccccc5C45c4ccccc4-c4ccccc45)c3)n2)cc1. The van der Waals surface area contributed by atoms with E-state index < -0.39 is 5.41 Å². The minimum atomic E-state index is -0.486. The van der Waals surface area contributed by atoms with Crippen LogP contribution in [0.1, 0.15) is 22.5 Å². The number of benzene rings is 7. The van der Waals surface area contributed by atoms with Crippen molar-refractivity contribution in [3.05, 3.63) is 205 Å². The molecule has 1 aliphatic heterocycles. The van der Waals surface area contributed by atoms with Crippen molar-refractivity contribution in [2.75, 3.05) is 0 Å². The predicted octanol–water partition coefficient (Wildman–Crippen LogP) is 11.2. The van der Waals surface area contributed by atoms with Gasteiger partial charge in [-0.2, -0.15) is 0 Å². The third-order valence-corrected chi connectivity index (χ3v) is 10.8. The van der Waals surface area contributed by atoms with Gasteiger partial charge in [0.1, 0.15) is 11.2 Å². The lowest BCUT2D eigenvalue weighted by Crippen LogP contribution is -2.27. The normalized spacial score (nSPS) is 13.2. The molecule has 4 nitrogen and oxygen atoms in total. The van der Waals surface area contributed by atoms with E-state index in [4.69, 9.17) is 15.0 Å². The maximum atomic E-state index is 5.54. The molecule has 0 atom stereocenters. The Balaban J connectivity index is 1.07. The van der Waals surface area contributed by atoms with Crippen LogP contribution in [0.4, 0.5) is 0 Å². The fraction of sp³-hybridized carbons (Fsp3) is 0.0208. The van der Waals surface area contributed by atoms with Crippen LogP contribution in [0.3, 0.4) is 0 Å². The first-order valence-electron chi connectivity index (χ1n) is 17.7. The van der Waals surface area contributed by atoms with Gasteiger partial charge in [-0.15, -0.1) is 0 Å². The summed E-state index contributed by atoms with van der Waals surface area (Å²) in [7, 11) is 0. The van der Waals surface area contributed by atoms with Crippen LogP contribution in [0.15, 0.2) is 182 Å². The Morgan fingerprint density at radius 2 is 0.923 bits per heavy atom. The molecule has 0 fully saturated rings. The van der Waals surface area contributed by atoms with Crippen molar-refractivity contribution < 1.29 is 0 Å². The molecule has 7 aromatic carbocycles. The van der Waals surface area contributed by atoms with E-state index in [0.29, 0.717) is 5.82 Å². The molecule has 1 aliphatic carbocycles. The van der Waals surface area contributed by atoms with E-state index in [2.05, 4.69) is 150 Å². The summed E-state index contributed by atoms with van der Waals surface area (Å²) in [5.74, 6) is 1.74. The number of nitrogens with zero attached hydrogens (tertiary/aromatic N) is 4. The lowest BCUT2D eigenvalue weighted by Gasteiger charge is -2.27. The van der Waals surface area contributed by atoms with Gasteiger partial charge in [0.25, 0.3) is 0 Å². The van der Waals surface area contributed by atoms with E-state index in [1.165, 1.54) is 33.5 Å². The zero-order valence-electron chi connectivity index (χ0n) is 28.1. The average molecular weight is 663 g/mol. The molecule has 0 saturated heterocycles. The fourth-order valence-electron chi connectivity index (χ4n) is 8.56. The average Bonchev–Trinajstić information content (AvgIpc) is 3.85. The Labute approximate surface area is 301 Å². The molecule has 0 amide bonds. The Morgan fingerprint density at radius 3 is 1.60 bits per heavy atom. The third-order valence-electron chi connectivity index (χ3n) is 10.8. The van der Waals surface area contributed by atoms with E-state index in [-0.39, 0.29) is 0 Å². The molecule has 9 aromatic rings. The van der Waals surface area contributed by atoms with Crippen LogP contribution in [-0.4, -0.2) is 19.5 Å². The molecule has 11 rings (SSSR count). The molecular weight excluding hydrogens is 633 g/mol. The second-order valence-corrected chi connectivity index (χ2v) is 13.6. The minimum absolute atomic E-state index is 0.486. The molecule has 2 aromatic heterocycles. The first kappa shape index (κ1) is 28.9. The smallest absolute Gasteiger partial charge is 0.160 e. The summed E-state index contributed by atoms with van der Waals surface area (Å²) in [5.41, 5.74) is 16.3. The van der Waals surface area contributed by atoms with Crippen LogP contribution in [-0.2, 0) is 5.41 Å². The topological polar surface area (TPSA) is 43.6 Å². The molecule has 0 saturated carbocycles. The predicted molar refractivity (Wildman–Crippen MR) is 209 cm³/mol. The maximum Gasteiger partial charge on any atom is 0.160 e. The summed E-state index contributed by atoms with van der Waals surface area (Å²) in [6.07, 6.45) is 0. The zero-order chi connectivity index (χ0) is 34.2. The molecular formula is C48H30N4. The van der Waals surface area contributed by atoms with Crippen molar-refractivity contribution >= 4 is 11.0 Å². The Bertz CT molecular complexity index is 2750. The Hall–Kier alpha value is -6.91. The Kier molecular flexibility index (Phi) is 6.13. The number of imidazole rings is 1. The molecule has 52 heavy (non-hydrogen) atoms. The second kappa shape index (κ2) is 11.0. The van der Waals surface area contributed by atoms with Gasteiger partial charge in [0.05, 0.1) is 28.1 Å². The summed E-state index contributed by atoms with van der Waals surface area (Å²) in [6, 6.07) is 64.5. The van der Waals surface area contributed by atoms with Crippen LogP contribution in [0.2, 0.25) is 0 Å². The molecule has 242 valence electrons. The van der Waals surface area contributed by atoms with Gasteiger partial charge in [-0.3, -0.25) is 4.57 Å². The second-order valence-electron chi connectivity index (χ2n) is 13.6. The lowest BCUT2D eigenvalue weighted by molar-refractivity contribution is 0.738. The first-order valence-corrected chi connectivity index (χ1v) is 17.7. The van der Waals surface area contributed by atoms with Crippen molar-refractivity contribution in [3.8, 4) is 61.8 Å². The van der Waals surface area contributed by atoms with Crippen molar-refractivity contribution in [2.45, 2.75) is 5.41 Å². The monoisotopic (exact) mass is 662 g/mol. The van der Waals surface area contributed by atoms with Gasteiger partial charge in [0.15, 0.2) is 5.82 Å². The number of rotatable bonds is 4. The van der Waals surface area contributed by atoms with Gasteiger partial charge in [-0.25, -0.2) is 15.0 Å². The van der Waals surface area contributed by atoms with Crippen LogP contribution in [0.25, 0.3) is 72.9 Å². The van der Waals surface area contributed by atoms with Crippen LogP contribution in [0, 0.1) is 0 Å². The molecule has 3 heterocycles. The summed E-state index contributed by atoms with van der Waals surface area (Å²) in [5, 5.41) is 0. The van der Waals surface area contributed by atoms with E-state index in [9.17, 15) is 0 Å². The summed E-state index contributed by atoms with van der Waals surface area (Å²) < 4.78 is 2.39. The standard InChI is InChI=1S/C48H30N4/c1-3-14-31(15-4-1)41-30-42(32-16-5-2-6-17-32)50-46(49-41)35-19-13-18-33(28-35)34-26-27-45-43(29-34)51-47-48(40-24-11-12-25-44(40)52(45)47)38-22-9-7-20-36(38)37-21-8-10-23-39(37)48/h1-30H. The maximum absolute atomic E-state index is 5.54. The summed E-state index contributed by atoms with van der Waals surface area (Å²) >= 11 is 0. The number of para-hydroxylation sites is 1. The highest BCUT2D eigenvalue weighted by Crippen LogP contribution is 2.60. The van der Waals surface area contributed by atoms with Gasteiger partial charge >= 0.3 is 0 Å². The highest BCUT2D eigenvalue weighted by atomic mass is 15.1. The van der Waals surface area contributed by atoms with Gasteiger partial charge in [-0.05, 0) is 69.3 Å². The minimum Gasteiger partial charge on any atom is -0.295 e. The van der Waals surface area contributed by atoms with Gasteiger partial charge in [-0.1, -0.05) is 152 Å². The highest BCUT2D eigenvalue weighted by Gasteiger charge is 2.54. The van der Waals surface area contributed by atoms with Gasteiger partial charge in [0.2, 0.25) is 0 Å². The fourth-order valence-corrected chi connectivity index (χ4v) is 8.56. The van der Waals surface area contributed by atoms with E-state index in [0.717, 1.165) is 56.1 Å². The van der Waals surface area contributed by atoms with Gasteiger partial charge in [0, 0.05) is 16.7 Å². The van der Waals surface area contributed by atoms with Crippen LogP contribution in [0.5, 0.6) is 0 Å². The van der Waals surface area contributed by atoms with E-state index in [1.807, 2.05) is 36.4 Å². The highest BCUT2D eigenvalue weighted by molar-refractivity contribution is 5.93. The van der Waals surface area contributed by atoms with Crippen molar-refractivity contribution in [3.63, 3.8) is 0 Å². The van der Waals surface area contributed by atoms with Crippen molar-refractivity contribution in [1.29, 1.82) is 0 Å². The molecule has 4 heteroatoms. The van der Waals surface area contributed by atoms with Crippen molar-refractivity contribution in [1.82, 2.24) is 19.5 Å². The van der Waals surface area contributed by atoms with Gasteiger partial charge < -0.3 is 0 Å². The van der Waals surface area contributed by atoms with Crippen LogP contribution >= 0.6 is 0 Å². The van der Waals surface area contributed by atoms with E-state index in [1.54, 1.807) is 0 Å².